The lowest BCUT2D eigenvalue weighted by Gasteiger charge is -2.32. The fourth-order valence-electron chi connectivity index (χ4n) is 2.06. The number of hydrogen-bond acceptors (Lipinski definition) is 5. The number of halogens is 1. The van der Waals surface area contributed by atoms with Gasteiger partial charge in [0.05, 0.1) is 24.1 Å². The van der Waals surface area contributed by atoms with Crippen LogP contribution in [0.4, 0.5) is 5.95 Å². The maximum Gasteiger partial charge on any atom is 0.245 e. The van der Waals surface area contributed by atoms with Crippen LogP contribution in [0.25, 0.3) is 0 Å². The van der Waals surface area contributed by atoms with Gasteiger partial charge in [0.15, 0.2) is 0 Å². The quantitative estimate of drug-likeness (QED) is 0.790. The molecule has 0 spiro atoms. The first-order valence-corrected chi connectivity index (χ1v) is 7.55. The fraction of sp³-hybridized carbons (Fsp3) is 0.750. The topological polar surface area (TPSA) is 51.1 Å². The van der Waals surface area contributed by atoms with Crippen molar-refractivity contribution in [3.8, 4) is 0 Å². The SMILES string of the molecule is CCc1nnc(N2CCOC(CBr)C2)nc1CC. The van der Waals surface area contributed by atoms with Gasteiger partial charge in [-0.25, -0.2) is 4.98 Å². The van der Waals surface area contributed by atoms with E-state index in [2.05, 4.69) is 49.9 Å². The van der Waals surface area contributed by atoms with Gasteiger partial charge in [-0.05, 0) is 12.8 Å². The van der Waals surface area contributed by atoms with E-state index in [1.54, 1.807) is 0 Å². The van der Waals surface area contributed by atoms with Crippen LogP contribution in [0.2, 0.25) is 0 Å². The van der Waals surface area contributed by atoms with E-state index in [0.29, 0.717) is 0 Å². The monoisotopic (exact) mass is 314 g/mol. The normalized spacial score (nSPS) is 20.2. The third kappa shape index (κ3) is 2.98. The summed E-state index contributed by atoms with van der Waals surface area (Å²) >= 11 is 3.45. The Morgan fingerprint density at radius 3 is 2.72 bits per heavy atom. The molecule has 1 aliphatic heterocycles. The van der Waals surface area contributed by atoms with Crippen molar-refractivity contribution in [2.45, 2.75) is 32.8 Å². The number of aryl methyl sites for hydroxylation is 2. The molecule has 6 heteroatoms. The van der Waals surface area contributed by atoms with Crippen LogP contribution < -0.4 is 4.90 Å². The van der Waals surface area contributed by atoms with Crippen molar-refractivity contribution < 1.29 is 4.74 Å². The van der Waals surface area contributed by atoms with E-state index in [-0.39, 0.29) is 6.10 Å². The summed E-state index contributed by atoms with van der Waals surface area (Å²) in [7, 11) is 0. The molecule has 2 rings (SSSR count). The second-order valence-electron chi connectivity index (χ2n) is 4.31. The van der Waals surface area contributed by atoms with E-state index in [0.717, 1.165) is 55.2 Å². The number of aromatic nitrogens is 3. The molecule has 0 radical (unpaired) electrons. The average molecular weight is 315 g/mol. The van der Waals surface area contributed by atoms with Gasteiger partial charge in [-0.3, -0.25) is 0 Å². The van der Waals surface area contributed by atoms with Gasteiger partial charge in [0.1, 0.15) is 0 Å². The third-order valence-corrected chi connectivity index (χ3v) is 3.81. The molecule has 0 N–H and O–H groups in total. The van der Waals surface area contributed by atoms with E-state index in [9.17, 15) is 0 Å². The van der Waals surface area contributed by atoms with Crippen molar-refractivity contribution in [3.05, 3.63) is 11.4 Å². The molecule has 1 aromatic heterocycles. The minimum atomic E-state index is 0.207. The molecule has 1 aromatic rings. The van der Waals surface area contributed by atoms with Gasteiger partial charge in [0.2, 0.25) is 5.95 Å². The number of nitrogens with zero attached hydrogens (tertiary/aromatic N) is 4. The second-order valence-corrected chi connectivity index (χ2v) is 4.95. The molecular formula is C12H19BrN4O. The molecule has 0 amide bonds. The summed E-state index contributed by atoms with van der Waals surface area (Å²) in [5, 5.41) is 9.37. The number of hydrogen-bond donors (Lipinski definition) is 0. The Kier molecular flexibility index (Phi) is 4.88. The van der Waals surface area contributed by atoms with Crippen molar-refractivity contribution in [2.24, 2.45) is 0 Å². The molecule has 0 aliphatic carbocycles. The van der Waals surface area contributed by atoms with Gasteiger partial charge in [0.25, 0.3) is 0 Å². The van der Waals surface area contributed by atoms with Crippen LogP contribution in [0, 0.1) is 0 Å². The first-order chi connectivity index (χ1) is 8.78. The Labute approximate surface area is 116 Å². The zero-order chi connectivity index (χ0) is 13.0. The summed E-state index contributed by atoms with van der Waals surface area (Å²) in [6, 6.07) is 0. The molecule has 2 heterocycles. The minimum Gasteiger partial charge on any atom is -0.374 e. The second kappa shape index (κ2) is 6.43. The summed E-state index contributed by atoms with van der Waals surface area (Å²) in [6.07, 6.45) is 1.99. The Morgan fingerprint density at radius 2 is 2.06 bits per heavy atom. The highest BCUT2D eigenvalue weighted by Crippen LogP contribution is 2.15. The van der Waals surface area contributed by atoms with Gasteiger partial charge >= 0.3 is 0 Å². The molecule has 1 atom stereocenters. The van der Waals surface area contributed by atoms with Crippen molar-refractivity contribution in [3.63, 3.8) is 0 Å². The lowest BCUT2D eigenvalue weighted by atomic mass is 10.2. The Balaban J connectivity index is 2.17. The molecule has 1 saturated heterocycles. The zero-order valence-corrected chi connectivity index (χ0v) is 12.5. The molecule has 0 saturated carbocycles. The lowest BCUT2D eigenvalue weighted by Crippen LogP contribution is -2.44. The highest BCUT2D eigenvalue weighted by Gasteiger charge is 2.22. The predicted molar refractivity (Wildman–Crippen MR) is 74.3 cm³/mol. The maximum absolute atomic E-state index is 5.62. The van der Waals surface area contributed by atoms with Crippen molar-refractivity contribution in [2.75, 3.05) is 29.9 Å². The largest absolute Gasteiger partial charge is 0.374 e. The molecular weight excluding hydrogens is 296 g/mol. The van der Waals surface area contributed by atoms with E-state index >= 15 is 0 Å². The van der Waals surface area contributed by atoms with Crippen LogP contribution in [0.5, 0.6) is 0 Å². The first-order valence-electron chi connectivity index (χ1n) is 6.43. The molecule has 0 aromatic carbocycles. The van der Waals surface area contributed by atoms with Crippen LogP contribution in [0.3, 0.4) is 0 Å². The van der Waals surface area contributed by atoms with Crippen molar-refractivity contribution in [1.82, 2.24) is 15.2 Å². The zero-order valence-electron chi connectivity index (χ0n) is 10.9. The van der Waals surface area contributed by atoms with Crippen LogP contribution in [-0.2, 0) is 17.6 Å². The summed E-state index contributed by atoms with van der Waals surface area (Å²) in [6.45, 7) is 6.56. The van der Waals surface area contributed by atoms with Gasteiger partial charge in [0, 0.05) is 18.4 Å². The summed E-state index contributed by atoms with van der Waals surface area (Å²) in [4.78, 5) is 6.79. The summed E-state index contributed by atoms with van der Waals surface area (Å²) in [5.41, 5.74) is 2.07. The van der Waals surface area contributed by atoms with E-state index in [4.69, 9.17) is 4.74 Å². The highest BCUT2D eigenvalue weighted by molar-refractivity contribution is 9.09. The molecule has 100 valence electrons. The van der Waals surface area contributed by atoms with E-state index < -0.39 is 0 Å². The Hall–Kier alpha value is -0.750. The standard InChI is InChI=1S/C12H19BrN4O/c1-3-10-11(4-2)15-16-12(14-10)17-5-6-18-9(7-13)8-17/h9H,3-8H2,1-2H3. The molecule has 1 fully saturated rings. The number of rotatable bonds is 4. The molecule has 0 bridgehead atoms. The highest BCUT2D eigenvalue weighted by atomic mass is 79.9. The van der Waals surface area contributed by atoms with Gasteiger partial charge < -0.3 is 9.64 Å². The Morgan fingerprint density at radius 1 is 1.28 bits per heavy atom. The van der Waals surface area contributed by atoms with Crippen molar-refractivity contribution >= 4 is 21.9 Å². The van der Waals surface area contributed by atoms with E-state index in [1.807, 2.05) is 0 Å². The smallest absolute Gasteiger partial charge is 0.245 e. The van der Waals surface area contributed by atoms with Crippen LogP contribution in [0.15, 0.2) is 0 Å². The number of alkyl halides is 1. The van der Waals surface area contributed by atoms with Gasteiger partial charge in [-0.15, -0.1) is 5.10 Å². The molecule has 5 nitrogen and oxygen atoms in total. The lowest BCUT2D eigenvalue weighted by molar-refractivity contribution is 0.0564. The minimum absolute atomic E-state index is 0.207. The van der Waals surface area contributed by atoms with Crippen LogP contribution in [0.1, 0.15) is 25.2 Å². The van der Waals surface area contributed by atoms with Crippen molar-refractivity contribution in [1.29, 1.82) is 0 Å². The fourth-order valence-corrected chi connectivity index (χ4v) is 2.45. The van der Waals surface area contributed by atoms with Gasteiger partial charge in [-0.1, -0.05) is 29.8 Å². The summed E-state index contributed by atoms with van der Waals surface area (Å²) in [5.74, 6) is 0.735. The molecule has 1 aliphatic rings. The predicted octanol–water partition coefficient (Wildman–Crippen LogP) is 1.60. The Bertz CT molecular complexity index is 402. The molecule has 18 heavy (non-hydrogen) atoms. The van der Waals surface area contributed by atoms with E-state index in [1.165, 1.54) is 0 Å². The average Bonchev–Trinajstić information content (AvgIpc) is 2.46. The molecule has 1 unspecified atom stereocenters. The van der Waals surface area contributed by atoms with Gasteiger partial charge in [-0.2, -0.15) is 5.10 Å². The van der Waals surface area contributed by atoms with Crippen LogP contribution in [-0.4, -0.2) is 46.3 Å². The first kappa shape index (κ1) is 13.7. The number of ether oxygens (including phenoxy) is 1. The number of anilines is 1. The maximum atomic E-state index is 5.62. The number of morpholine rings is 1. The van der Waals surface area contributed by atoms with Crippen LogP contribution >= 0.6 is 15.9 Å². The third-order valence-electron chi connectivity index (χ3n) is 3.09. The summed E-state index contributed by atoms with van der Waals surface area (Å²) < 4.78 is 5.62.